The molecule has 0 aliphatic heterocycles. The van der Waals surface area contributed by atoms with Crippen molar-refractivity contribution < 1.29 is 20.1 Å². The summed E-state index contributed by atoms with van der Waals surface area (Å²) in [5.41, 5.74) is 2.15. The molecule has 0 spiro atoms. The molecule has 148 valence electrons. The van der Waals surface area contributed by atoms with Crippen molar-refractivity contribution in [2.45, 2.75) is 12.6 Å². The quantitative estimate of drug-likeness (QED) is 0.404. The van der Waals surface area contributed by atoms with Crippen LogP contribution in [0.25, 0.3) is 22.0 Å². The first-order valence-electron chi connectivity index (χ1n) is 9.47. The number of aliphatic hydroxyl groups excluding tert-OH is 1. The Balaban J connectivity index is 1.75. The molecule has 5 rings (SSSR count). The lowest BCUT2D eigenvalue weighted by Crippen LogP contribution is -2.26. The molecule has 0 bridgehead atoms. The maximum absolute atomic E-state index is 13.3. The Kier molecular flexibility index (Phi) is 3.98. The van der Waals surface area contributed by atoms with E-state index in [1.807, 2.05) is 0 Å². The Hall–Kier alpha value is -3.90. The number of pyridine rings is 1. The second-order valence-electron chi connectivity index (χ2n) is 7.32. The van der Waals surface area contributed by atoms with E-state index in [0.717, 1.165) is 0 Å². The lowest BCUT2D eigenvalue weighted by Gasteiger charge is -2.19. The van der Waals surface area contributed by atoms with E-state index in [1.165, 1.54) is 22.8 Å². The summed E-state index contributed by atoms with van der Waals surface area (Å²) < 4.78 is 1.43. The fraction of sp³-hybridized carbons (Fsp3) is 0.0833. The standard InChI is InChI=1S/C24H17NO5/c26-18-10-9-13(11-19(18)27)20(28)12-25-22-15-6-2-3-7-16(15)23(29)21(22)14-5-1-4-8-17(14)24(25)30/h1-11,20,26-28H,12H2/t20-/m0/s1. The lowest BCUT2D eigenvalue weighted by atomic mass is 10.0. The van der Waals surface area contributed by atoms with Gasteiger partial charge in [0.25, 0.3) is 5.56 Å². The molecule has 1 heterocycles. The Bertz CT molecular complexity index is 1400. The number of carbonyl (C=O) groups excluding carboxylic acids is 1. The average Bonchev–Trinajstić information content (AvgIpc) is 3.06. The molecule has 1 aliphatic rings. The Morgan fingerprint density at radius 1 is 0.800 bits per heavy atom. The molecule has 6 heteroatoms. The zero-order chi connectivity index (χ0) is 21.0. The number of carbonyl (C=O) groups is 1. The first kappa shape index (κ1) is 18.1. The Morgan fingerprint density at radius 2 is 1.47 bits per heavy atom. The molecular weight excluding hydrogens is 382 g/mol. The van der Waals surface area contributed by atoms with Crippen molar-refractivity contribution in [3.63, 3.8) is 0 Å². The van der Waals surface area contributed by atoms with Crippen LogP contribution >= 0.6 is 0 Å². The minimum atomic E-state index is -1.14. The van der Waals surface area contributed by atoms with Crippen LogP contribution in [0.4, 0.5) is 0 Å². The van der Waals surface area contributed by atoms with Crippen LogP contribution in [0.15, 0.2) is 71.5 Å². The van der Waals surface area contributed by atoms with Crippen LogP contribution in [0.3, 0.4) is 0 Å². The molecule has 0 radical (unpaired) electrons. The summed E-state index contributed by atoms with van der Waals surface area (Å²) in [6, 6.07) is 18.1. The van der Waals surface area contributed by atoms with Crippen LogP contribution in [0.5, 0.6) is 11.5 Å². The smallest absolute Gasteiger partial charge is 0.259 e. The molecule has 3 aromatic carbocycles. The van der Waals surface area contributed by atoms with Crippen molar-refractivity contribution >= 4 is 16.6 Å². The Labute approximate surface area is 170 Å². The number of nitrogens with zero attached hydrogens (tertiary/aromatic N) is 1. The zero-order valence-electron chi connectivity index (χ0n) is 15.7. The number of phenolic OH excluding ortho intramolecular Hbond substituents is 2. The fourth-order valence-corrected chi connectivity index (χ4v) is 4.13. The van der Waals surface area contributed by atoms with Gasteiger partial charge in [-0.25, -0.2) is 0 Å². The summed E-state index contributed by atoms with van der Waals surface area (Å²) in [6.45, 7) is -0.113. The minimum Gasteiger partial charge on any atom is -0.504 e. The highest BCUT2D eigenvalue weighted by atomic mass is 16.3. The van der Waals surface area contributed by atoms with Gasteiger partial charge in [-0.1, -0.05) is 48.5 Å². The van der Waals surface area contributed by atoms with Gasteiger partial charge < -0.3 is 19.9 Å². The maximum atomic E-state index is 13.3. The van der Waals surface area contributed by atoms with E-state index < -0.39 is 6.10 Å². The van der Waals surface area contributed by atoms with Gasteiger partial charge in [0, 0.05) is 21.9 Å². The summed E-state index contributed by atoms with van der Waals surface area (Å²) in [7, 11) is 0. The van der Waals surface area contributed by atoms with Gasteiger partial charge >= 0.3 is 0 Å². The van der Waals surface area contributed by atoms with Crippen LogP contribution in [0, 0.1) is 0 Å². The van der Waals surface area contributed by atoms with Gasteiger partial charge in [-0.3, -0.25) is 9.59 Å². The number of rotatable bonds is 3. The van der Waals surface area contributed by atoms with Gasteiger partial charge in [-0.05, 0) is 23.8 Å². The number of aromatic hydroxyl groups is 2. The molecule has 6 nitrogen and oxygen atoms in total. The van der Waals surface area contributed by atoms with E-state index in [1.54, 1.807) is 48.5 Å². The van der Waals surface area contributed by atoms with Crippen LogP contribution in [0.1, 0.15) is 27.6 Å². The van der Waals surface area contributed by atoms with E-state index >= 15 is 0 Å². The van der Waals surface area contributed by atoms with Crippen molar-refractivity contribution in [3.8, 4) is 22.8 Å². The fourth-order valence-electron chi connectivity index (χ4n) is 4.13. The molecule has 4 aromatic rings. The number of fused-ring (bicyclic) bond motifs is 5. The molecule has 0 amide bonds. The first-order chi connectivity index (χ1) is 14.5. The number of benzene rings is 3. The summed E-state index contributed by atoms with van der Waals surface area (Å²) in [5.74, 6) is -0.806. The molecule has 0 unspecified atom stereocenters. The molecular formula is C24H17NO5. The number of ketones is 1. The van der Waals surface area contributed by atoms with Crippen molar-refractivity contribution in [3.05, 3.63) is 93.8 Å². The number of phenols is 2. The molecule has 1 atom stereocenters. The molecule has 3 N–H and O–H groups in total. The predicted octanol–water partition coefficient (Wildman–Crippen LogP) is 3.36. The van der Waals surface area contributed by atoms with Gasteiger partial charge in [0.05, 0.1) is 23.9 Å². The van der Waals surface area contributed by atoms with Crippen LogP contribution in [-0.2, 0) is 6.54 Å². The average molecular weight is 399 g/mol. The molecule has 0 saturated heterocycles. The van der Waals surface area contributed by atoms with Crippen molar-refractivity contribution in [1.82, 2.24) is 4.57 Å². The van der Waals surface area contributed by atoms with Crippen molar-refractivity contribution in [1.29, 1.82) is 0 Å². The second-order valence-corrected chi connectivity index (χ2v) is 7.32. The summed E-state index contributed by atoms with van der Waals surface area (Å²) in [4.78, 5) is 26.5. The van der Waals surface area contributed by atoms with E-state index in [0.29, 0.717) is 38.7 Å². The first-order valence-corrected chi connectivity index (χ1v) is 9.47. The van der Waals surface area contributed by atoms with Gasteiger partial charge in [-0.15, -0.1) is 0 Å². The number of hydrogen-bond acceptors (Lipinski definition) is 5. The molecule has 1 aromatic heterocycles. The van der Waals surface area contributed by atoms with Gasteiger partial charge in [0.1, 0.15) is 0 Å². The second kappa shape index (κ2) is 6.57. The summed E-state index contributed by atoms with van der Waals surface area (Å²) >= 11 is 0. The highest BCUT2D eigenvalue weighted by Crippen LogP contribution is 2.39. The van der Waals surface area contributed by atoms with E-state index in [4.69, 9.17) is 0 Å². The summed E-state index contributed by atoms with van der Waals surface area (Å²) in [6.07, 6.45) is -1.14. The van der Waals surface area contributed by atoms with Crippen molar-refractivity contribution in [2.75, 3.05) is 0 Å². The third-order valence-corrected chi connectivity index (χ3v) is 5.57. The lowest BCUT2D eigenvalue weighted by molar-refractivity contribution is 0.104. The van der Waals surface area contributed by atoms with E-state index in [2.05, 4.69) is 0 Å². The topological polar surface area (TPSA) is 99.8 Å². The predicted molar refractivity (Wildman–Crippen MR) is 112 cm³/mol. The molecule has 1 aliphatic carbocycles. The number of hydrogen-bond donors (Lipinski definition) is 3. The SMILES string of the molecule is O=C1c2ccccc2-c2c1c1ccccc1c(=O)n2C[C@H](O)c1ccc(O)c(O)c1. The van der Waals surface area contributed by atoms with Crippen molar-refractivity contribution in [2.24, 2.45) is 0 Å². The third-order valence-electron chi connectivity index (χ3n) is 5.57. The monoisotopic (exact) mass is 399 g/mol. The largest absolute Gasteiger partial charge is 0.504 e. The van der Waals surface area contributed by atoms with E-state index in [9.17, 15) is 24.9 Å². The molecule has 30 heavy (non-hydrogen) atoms. The maximum Gasteiger partial charge on any atom is 0.259 e. The Morgan fingerprint density at radius 3 is 2.20 bits per heavy atom. The number of aliphatic hydroxyl groups is 1. The van der Waals surface area contributed by atoms with E-state index in [-0.39, 0.29) is 29.4 Å². The highest BCUT2D eigenvalue weighted by molar-refractivity contribution is 6.26. The zero-order valence-corrected chi connectivity index (χ0v) is 15.7. The normalized spacial score (nSPS) is 13.3. The highest BCUT2D eigenvalue weighted by Gasteiger charge is 2.32. The molecule has 0 fully saturated rings. The minimum absolute atomic E-state index is 0.113. The third kappa shape index (κ3) is 2.54. The van der Waals surface area contributed by atoms with Gasteiger partial charge in [0.2, 0.25) is 0 Å². The number of aromatic nitrogens is 1. The molecule has 0 saturated carbocycles. The van der Waals surface area contributed by atoms with Crippen LogP contribution in [-0.4, -0.2) is 25.7 Å². The van der Waals surface area contributed by atoms with Crippen LogP contribution in [0.2, 0.25) is 0 Å². The summed E-state index contributed by atoms with van der Waals surface area (Å²) in [5, 5.41) is 31.1. The van der Waals surface area contributed by atoms with Crippen LogP contribution < -0.4 is 5.56 Å². The van der Waals surface area contributed by atoms with Gasteiger partial charge in [0.15, 0.2) is 17.3 Å². The van der Waals surface area contributed by atoms with Gasteiger partial charge in [-0.2, -0.15) is 0 Å².